The van der Waals surface area contributed by atoms with Gasteiger partial charge in [-0.25, -0.2) is 8.78 Å². The molecular formula is C15H16F2N2. The maximum atomic E-state index is 13.7. The van der Waals surface area contributed by atoms with Gasteiger partial charge in [-0.2, -0.15) is 0 Å². The molecule has 1 heterocycles. The molecule has 2 aromatic rings. The normalized spacial score (nSPS) is 14.1. The van der Waals surface area contributed by atoms with Crippen molar-refractivity contribution < 1.29 is 8.78 Å². The fraction of sp³-hybridized carbons (Fsp3) is 0.267. The second-order valence-corrected chi connectivity index (χ2v) is 4.53. The third-order valence-corrected chi connectivity index (χ3v) is 3.14. The van der Waals surface area contributed by atoms with Crippen molar-refractivity contribution in [3.8, 4) is 0 Å². The van der Waals surface area contributed by atoms with E-state index in [-0.39, 0.29) is 11.6 Å². The van der Waals surface area contributed by atoms with Gasteiger partial charge in [-0.1, -0.05) is 6.07 Å². The van der Waals surface area contributed by atoms with Gasteiger partial charge in [0.15, 0.2) is 0 Å². The Balaban J connectivity index is 2.15. The van der Waals surface area contributed by atoms with E-state index < -0.39 is 17.7 Å². The average molecular weight is 262 g/mol. The van der Waals surface area contributed by atoms with Crippen LogP contribution in [0.1, 0.15) is 37.1 Å². The molecule has 1 N–H and O–H groups in total. The van der Waals surface area contributed by atoms with Crippen LogP contribution in [-0.4, -0.2) is 4.98 Å². The first-order chi connectivity index (χ1) is 9.09. The summed E-state index contributed by atoms with van der Waals surface area (Å²) < 4.78 is 27.3. The van der Waals surface area contributed by atoms with Crippen molar-refractivity contribution in [2.24, 2.45) is 0 Å². The van der Waals surface area contributed by atoms with E-state index in [0.29, 0.717) is 0 Å². The number of benzene rings is 1. The molecule has 0 aliphatic carbocycles. The van der Waals surface area contributed by atoms with Crippen LogP contribution in [0.2, 0.25) is 0 Å². The zero-order valence-corrected chi connectivity index (χ0v) is 10.9. The van der Waals surface area contributed by atoms with Gasteiger partial charge in [0, 0.05) is 30.0 Å². The third kappa shape index (κ3) is 3.15. The Hall–Kier alpha value is -1.81. The minimum absolute atomic E-state index is 0.0167. The highest BCUT2D eigenvalue weighted by Gasteiger charge is 2.18. The van der Waals surface area contributed by atoms with Crippen LogP contribution in [0.25, 0.3) is 0 Å². The molecule has 1 aromatic heterocycles. The number of rotatable bonds is 4. The van der Waals surface area contributed by atoms with E-state index in [4.69, 9.17) is 0 Å². The highest BCUT2D eigenvalue weighted by molar-refractivity contribution is 5.24. The zero-order valence-electron chi connectivity index (χ0n) is 10.9. The Morgan fingerprint density at radius 2 is 1.53 bits per heavy atom. The van der Waals surface area contributed by atoms with Crippen LogP contribution in [0.15, 0.2) is 42.7 Å². The molecule has 2 nitrogen and oxygen atoms in total. The van der Waals surface area contributed by atoms with Crippen molar-refractivity contribution in [2.45, 2.75) is 25.9 Å². The Kier molecular flexibility index (Phi) is 4.22. The molecule has 0 fully saturated rings. The monoisotopic (exact) mass is 262 g/mol. The SMILES string of the molecule is CC(NC(C)c1c(F)cccc1F)c1ccncc1. The quantitative estimate of drug-likeness (QED) is 0.907. The summed E-state index contributed by atoms with van der Waals surface area (Å²) >= 11 is 0. The van der Waals surface area contributed by atoms with E-state index in [1.165, 1.54) is 18.2 Å². The largest absolute Gasteiger partial charge is 0.303 e. The minimum Gasteiger partial charge on any atom is -0.303 e. The van der Waals surface area contributed by atoms with Crippen molar-refractivity contribution in [1.29, 1.82) is 0 Å². The topological polar surface area (TPSA) is 24.9 Å². The third-order valence-electron chi connectivity index (χ3n) is 3.14. The smallest absolute Gasteiger partial charge is 0.130 e. The molecule has 0 amide bonds. The lowest BCUT2D eigenvalue weighted by molar-refractivity contribution is 0.449. The summed E-state index contributed by atoms with van der Waals surface area (Å²) in [5.41, 5.74) is 1.10. The fourth-order valence-corrected chi connectivity index (χ4v) is 2.13. The predicted octanol–water partition coefficient (Wildman–Crippen LogP) is 3.77. The van der Waals surface area contributed by atoms with E-state index in [2.05, 4.69) is 10.3 Å². The maximum absolute atomic E-state index is 13.7. The molecule has 0 saturated carbocycles. The number of nitrogens with zero attached hydrogens (tertiary/aromatic N) is 1. The van der Waals surface area contributed by atoms with E-state index >= 15 is 0 Å². The molecule has 4 heteroatoms. The van der Waals surface area contributed by atoms with Crippen molar-refractivity contribution in [1.82, 2.24) is 10.3 Å². The molecule has 2 atom stereocenters. The van der Waals surface area contributed by atoms with E-state index in [9.17, 15) is 8.78 Å². The van der Waals surface area contributed by atoms with Crippen LogP contribution in [0.4, 0.5) is 8.78 Å². The van der Waals surface area contributed by atoms with Gasteiger partial charge in [-0.15, -0.1) is 0 Å². The predicted molar refractivity (Wildman–Crippen MR) is 70.6 cm³/mol. The van der Waals surface area contributed by atoms with Gasteiger partial charge in [0.25, 0.3) is 0 Å². The summed E-state index contributed by atoms with van der Waals surface area (Å²) in [6.45, 7) is 3.70. The Bertz CT molecular complexity index is 523. The van der Waals surface area contributed by atoms with Crippen LogP contribution in [0, 0.1) is 11.6 Å². The van der Waals surface area contributed by atoms with Crippen LogP contribution >= 0.6 is 0 Å². The molecular weight excluding hydrogens is 246 g/mol. The molecule has 0 aliphatic rings. The van der Waals surface area contributed by atoms with Crippen molar-refractivity contribution in [2.75, 3.05) is 0 Å². The van der Waals surface area contributed by atoms with Crippen LogP contribution in [0.3, 0.4) is 0 Å². The van der Waals surface area contributed by atoms with E-state index in [1.54, 1.807) is 19.3 Å². The molecule has 0 aliphatic heterocycles. The first-order valence-corrected chi connectivity index (χ1v) is 6.19. The molecule has 19 heavy (non-hydrogen) atoms. The summed E-state index contributed by atoms with van der Waals surface area (Å²) in [6, 6.07) is 7.24. The highest BCUT2D eigenvalue weighted by Crippen LogP contribution is 2.23. The zero-order chi connectivity index (χ0) is 13.8. The molecule has 0 spiro atoms. The number of aromatic nitrogens is 1. The first-order valence-electron chi connectivity index (χ1n) is 6.19. The lowest BCUT2D eigenvalue weighted by Gasteiger charge is -2.21. The Morgan fingerprint density at radius 1 is 0.947 bits per heavy atom. The van der Waals surface area contributed by atoms with Gasteiger partial charge in [0.05, 0.1) is 0 Å². The number of hydrogen-bond acceptors (Lipinski definition) is 2. The number of nitrogens with one attached hydrogen (secondary N) is 1. The van der Waals surface area contributed by atoms with Crippen molar-refractivity contribution in [3.63, 3.8) is 0 Å². The number of hydrogen-bond donors (Lipinski definition) is 1. The number of pyridine rings is 1. The second-order valence-electron chi connectivity index (χ2n) is 4.53. The van der Waals surface area contributed by atoms with Gasteiger partial charge in [-0.3, -0.25) is 4.98 Å². The molecule has 1 aromatic carbocycles. The molecule has 2 rings (SSSR count). The van der Waals surface area contributed by atoms with Gasteiger partial charge in [0.2, 0.25) is 0 Å². The van der Waals surface area contributed by atoms with E-state index in [0.717, 1.165) is 5.56 Å². The minimum atomic E-state index is -0.526. The lowest BCUT2D eigenvalue weighted by atomic mass is 10.0. The maximum Gasteiger partial charge on any atom is 0.130 e. The van der Waals surface area contributed by atoms with E-state index in [1.807, 2.05) is 19.1 Å². The molecule has 0 saturated heterocycles. The van der Waals surface area contributed by atoms with Gasteiger partial charge in [-0.05, 0) is 43.7 Å². The summed E-state index contributed by atoms with van der Waals surface area (Å²) in [5, 5.41) is 3.19. The number of halogens is 2. The Morgan fingerprint density at radius 3 is 2.11 bits per heavy atom. The van der Waals surface area contributed by atoms with Gasteiger partial charge >= 0.3 is 0 Å². The van der Waals surface area contributed by atoms with Gasteiger partial charge < -0.3 is 5.32 Å². The molecule has 2 unspecified atom stereocenters. The van der Waals surface area contributed by atoms with Crippen LogP contribution in [-0.2, 0) is 0 Å². The van der Waals surface area contributed by atoms with Crippen molar-refractivity contribution >= 4 is 0 Å². The Labute approximate surface area is 111 Å². The molecule has 100 valence electrons. The van der Waals surface area contributed by atoms with Crippen molar-refractivity contribution in [3.05, 3.63) is 65.5 Å². The standard InChI is InChI=1S/C15H16F2N2/c1-10(12-6-8-18-9-7-12)19-11(2)15-13(16)4-3-5-14(15)17/h3-11,19H,1-2H3. The summed E-state index contributed by atoms with van der Waals surface area (Å²) in [6.07, 6.45) is 3.39. The first kappa shape index (κ1) is 13.6. The average Bonchev–Trinajstić information content (AvgIpc) is 2.39. The lowest BCUT2D eigenvalue weighted by Crippen LogP contribution is -2.24. The van der Waals surface area contributed by atoms with Gasteiger partial charge in [0.1, 0.15) is 11.6 Å². The summed E-state index contributed by atoms with van der Waals surface area (Å²) in [4.78, 5) is 3.95. The van der Waals surface area contributed by atoms with Crippen LogP contribution in [0.5, 0.6) is 0 Å². The summed E-state index contributed by atoms with van der Waals surface area (Å²) in [5.74, 6) is -1.05. The second kappa shape index (κ2) is 5.89. The van der Waals surface area contributed by atoms with Crippen LogP contribution < -0.4 is 5.32 Å². The molecule has 0 bridgehead atoms. The molecule has 0 radical (unpaired) electrons. The fourth-order valence-electron chi connectivity index (χ4n) is 2.13. The highest BCUT2D eigenvalue weighted by atomic mass is 19.1. The summed E-state index contributed by atoms with van der Waals surface area (Å²) in [7, 11) is 0.